The Hall–Kier alpha value is -8.52. The molecule has 350 valence electrons. The molecule has 1 heteroatoms. The van der Waals surface area contributed by atoms with Gasteiger partial charge in [-0.25, -0.2) is 0 Å². The van der Waals surface area contributed by atoms with Crippen molar-refractivity contribution in [2.75, 3.05) is 4.90 Å². The van der Waals surface area contributed by atoms with Crippen molar-refractivity contribution in [1.82, 2.24) is 0 Å². The van der Waals surface area contributed by atoms with Crippen molar-refractivity contribution in [3.63, 3.8) is 0 Å². The highest BCUT2D eigenvalue weighted by Crippen LogP contribution is 2.56. The van der Waals surface area contributed by atoms with Crippen molar-refractivity contribution in [2.45, 2.75) is 50.9 Å². The zero-order valence-electron chi connectivity index (χ0n) is 42.2. The van der Waals surface area contributed by atoms with Crippen LogP contribution in [0.4, 0.5) is 17.1 Å². The molecule has 1 nitrogen and oxygen atoms in total. The summed E-state index contributed by atoms with van der Waals surface area (Å²) in [6, 6.07) is 95.0. The molecule has 0 aliphatic heterocycles. The van der Waals surface area contributed by atoms with E-state index in [1.807, 2.05) is 0 Å². The Labute approximate surface area is 430 Å². The first kappa shape index (κ1) is 44.4. The van der Waals surface area contributed by atoms with E-state index in [2.05, 4.69) is 294 Å². The van der Waals surface area contributed by atoms with E-state index in [0.29, 0.717) is 0 Å². The second-order valence-electron chi connectivity index (χ2n) is 21.3. The minimum Gasteiger partial charge on any atom is -0.310 e. The highest BCUT2D eigenvalue weighted by molar-refractivity contribution is 6.10. The van der Waals surface area contributed by atoms with Gasteiger partial charge in [0.15, 0.2) is 0 Å². The highest BCUT2D eigenvalue weighted by Gasteiger charge is 2.38. The number of hydrogen-bond donors (Lipinski definition) is 0. The maximum absolute atomic E-state index is 2.51. The Morgan fingerprint density at radius 3 is 1.48 bits per heavy atom. The fourth-order valence-electron chi connectivity index (χ4n) is 12.8. The molecule has 11 aromatic carbocycles. The van der Waals surface area contributed by atoms with Crippen molar-refractivity contribution >= 4 is 27.8 Å². The van der Waals surface area contributed by atoms with Crippen molar-refractivity contribution in [2.24, 2.45) is 0 Å². The second-order valence-corrected chi connectivity index (χ2v) is 21.3. The van der Waals surface area contributed by atoms with Crippen molar-refractivity contribution in [1.29, 1.82) is 0 Å². The number of rotatable bonds is 9. The van der Waals surface area contributed by atoms with Crippen LogP contribution in [0.3, 0.4) is 0 Å². The molecule has 0 N–H and O–H groups in total. The van der Waals surface area contributed by atoms with E-state index in [4.69, 9.17) is 0 Å². The summed E-state index contributed by atoms with van der Waals surface area (Å²) in [4.78, 5) is 2.51. The van der Waals surface area contributed by atoms with Crippen LogP contribution < -0.4 is 4.90 Å². The van der Waals surface area contributed by atoms with Gasteiger partial charge in [0.25, 0.3) is 0 Å². The van der Waals surface area contributed by atoms with Gasteiger partial charge in [0.2, 0.25) is 0 Å². The third-order valence-corrected chi connectivity index (χ3v) is 16.7. The maximum atomic E-state index is 2.51. The quantitative estimate of drug-likeness (QED) is 0.130. The molecule has 73 heavy (non-hydrogen) atoms. The molecule has 0 saturated carbocycles. The van der Waals surface area contributed by atoms with E-state index in [9.17, 15) is 0 Å². The number of hydrogen-bond acceptors (Lipinski definition) is 1. The van der Waals surface area contributed by atoms with E-state index in [1.165, 1.54) is 105 Å². The molecule has 2 aliphatic rings. The molecule has 0 radical (unpaired) electrons. The van der Waals surface area contributed by atoms with Crippen LogP contribution >= 0.6 is 0 Å². The Morgan fingerprint density at radius 1 is 0.315 bits per heavy atom. The fourth-order valence-corrected chi connectivity index (χ4v) is 12.8. The van der Waals surface area contributed by atoms with Crippen LogP contribution in [0.2, 0.25) is 0 Å². The SMILES string of the molecule is CC1(C)c2ccccc2-c2cc(N(c3ccc(-c4ccc(C(C)(c5ccccc5)c5ccccc5)cc4)cc3)c3ccc4ccccc4c3-c3ccccc3-c3cccc4c3-c3ccccc3C4(C)C)ccc21. The van der Waals surface area contributed by atoms with Crippen LogP contribution in [0, 0.1) is 0 Å². The zero-order valence-corrected chi connectivity index (χ0v) is 42.2. The van der Waals surface area contributed by atoms with Crippen LogP contribution in [0.15, 0.2) is 255 Å². The van der Waals surface area contributed by atoms with E-state index in [0.717, 1.165) is 17.1 Å². The average Bonchev–Trinajstić information content (AvgIpc) is 3.83. The Bertz CT molecular complexity index is 3860. The van der Waals surface area contributed by atoms with E-state index < -0.39 is 0 Å². The fraction of sp³-hybridized carbons (Fsp3) is 0.111. The first-order valence-electron chi connectivity index (χ1n) is 25.8. The van der Waals surface area contributed by atoms with Crippen LogP contribution in [0.5, 0.6) is 0 Å². The summed E-state index contributed by atoms with van der Waals surface area (Å²) >= 11 is 0. The Balaban J connectivity index is 0.990. The minimum atomic E-state index is -0.311. The third kappa shape index (κ3) is 6.97. The predicted octanol–water partition coefficient (Wildman–Crippen LogP) is 19.3. The summed E-state index contributed by atoms with van der Waals surface area (Å²) in [5, 5.41) is 2.42. The van der Waals surface area contributed by atoms with Gasteiger partial charge < -0.3 is 4.90 Å². The zero-order chi connectivity index (χ0) is 49.5. The van der Waals surface area contributed by atoms with E-state index >= 15 is 0 Å². The standard InChI is InChI=1S/C72H57N/c1-70(2)63-32-18-16-28-58(63)62-47-55(44-45-65(62)70)73(54-42-37-49(38-43-54)48-35-40-53(41-36-48)72(5,51-22-8-6-9-23-51)52-24-10-7-11-25-52)67-46-39-50-21-12-13-26-56(50)69(67)60-29-15-14-27-57(60)59-31-20-34-66-68(59)61-30-17-19-33-64(61)71(66,3)4/h6-47H,1-5H3. The molecule has 11 aromatic rings. The lowest BCUT2D eigenvalue weighted by atomic mass is 9.71. The minimum absolute atomic E-state index is 0.109. The van der Waals surface area contributed by atoms with Crippen LogP contribution in [-0.2, 0) is 16.2 Å². The number of benzene rings is 11. The smallest absolute Gasteiger partial charge is 0.0546 e. The van der Waals surface area contributed by atoms with Gasteiger partial charge in [-0.05, 0) is 137 Å². The second kappa shape index (κ2) is 17.1. The lowest BCUT2D eigenvalue weighted by Crippen LogP contribution is -2.25. The molecule has 0 unspecified atom stereocenters. The molecule has 0 spiro atoms. The third-order valence-electron chi connectivity index (χ3n) is 16.7. The summed E-state index contributed by atoms with van der Waals surface area (Å²) in [5.41, 5.74) is 24.6. The molecule has 2 aliphatic carbocycles. The van der Waals surface area contributed by atoms with Gasteiger partial charge >= 0.3 is 0 Å². The van der Waals surface area contributed by atoms with Crippen molar-refractivity contribution in [3.05, 3.63) is 294 Å². The number of nitrogens with zero attached hydrogens (tertiary/aromatic N) is 1. The van der Waals surface area contributed by atoms with Crippen molar-refractivity contribution in [3.8, 4) is 55.6 Å². The Morgan fingerprint density at radius 2 is 0.795 bits per heavy atom. The number of fused-ring (bicyclic) bond motifs is 7. The largest absolute Gasteiger partial charge is 0.310 e. The van der Waals surface area contributed by atoms with Gasteiger partial charge in [0.1, 0.15) is 0 Å². The summed E-state index contributed by atoms with van der Waals surface area (Å²) in [7, 11) is 0. The van der Waals surface area contributed by atoms with Gasteiger partial charge in [-0.15, -0.1) is 0 Å². The molecular formula is C72H57N. The van der Waals surface area contributed by atoms with E-state index in [-0.39, 0.29) is 16.2 Å². The van der Waals surface area contributed by atoms with Gasteiger partial charge in [0, 0.05) is 33.2 Å². The molecule has 0 amide bonds. The molecule has 0 saturated heterocycles. The first-order chi connectivity index (χ1) is 35.6. The molecule has 0 aromatic heterocycles. The van der Waals surface area contributed by atoms with Crippen LogP contribution in [0.1, 0.15) is 73.6 Å². The van der Waals surface area contributed by atoms with Crippen molar-refractivity contribution < 1.29 is 0 Å². The monoisotopic (exact) mass is 935 g/mol. The van der Waals surface area contributed by atoms with Gasteiger partial charge in [0.05, 0.1) is 5.69 Å². The highest BCUT2D eigenvalue weighted by atomic mass is 15.1. The maximum Gasteiger partial charge on any atom is 0.0546 e. The molecule has 0 fully saturated rings. The van der Waals surface area contributed by atoms with Gasteiger partial charge in [-0.1, -0.05) is 252 Å². The predicted molar refractivity (Wildman–Crippen MR) is 309 cm³/mol. The lowest BCUT2D eigenvalue weighted by Gasteiger charge is -2.32. The molecule has 0 heterocycles. The topological polar surface area (TPSA) is 3.24 Å². The Kier molecular flexibility index (Phi) is 10.4. The summed E-state index contributed by atoms with van der Waals surface area (Å²) in [5.74, 6) is 0. The number of anilines is 3. The normalized spacial score (nSPS) is 13.8. The van der Waals surface area contributed by atoms with Crippen LogP contribution in [0.25, 0.3) is 66.4 Å². The summed E-state index contributed by atoms with van der Waals surface area (Å²) < 4.78 is 0. The average molecular weight is 936 g/mol. The molecule has 0 bridgehead atoms. The first-order valence-corrected chi connectivity index (χ1v) is 25.8. The van der Waals surface area contributed by atoms with Crippen LogP contribution in [-0.4, -0.2) is 0 Å². The summed E-state index contributed by atoms with van der Waals surface area (Å²) in [6.45, 7) is 11.8. The lowest BCUT2D eigenvalue weighted by molar-refractivity contribution is 0.660. The van der Waals surface area contributed by atoms with Gasteiger partial charge in [-0.2, -0.15) is 0 Å². The molecular weight excluding hydrogens is 879 g/mol. The molecule has 0 atom stereocenters. The van der Waals surface area contributed by atoms with Gasteiger partial charge in [-0.3, -0.25) is 0 Å². The summed E-state index contributed by atoms with van der Waals surface area (Å²) in [6.07, 6.45) is 0. The van der Waals surface area contributed by atoms with E-state index in [1.54, 1.807) is 0 Å². The molecule has 13 rings (SSSR count).